The van der Waals surface area contributed by atoms with Gasteiger partial charge in [0, 0.05) is 6.92 Å². The normalized spacial score (nSPS) is 31.6. The van der Waals surface area contributed by atoms with E-state index in [4.69, 9.17) is 9.47 Å². The van der Waals surface area contributed by atoms with Crippen LogP contribution in [0.3, 0.4) is 0 Å². The number of fused-ring (bicyclic) bond motifs is 5. The molecule has 4 rings (SSSR count). The van der Waals surface area contributed by atoms with Gasteiger partial charge in [-0.15, -0.1) is 0 Å². The van der Waals surface area contributed by atoms with Gasteiger partial charge in [0.1, 0.15) is 12.2 Å². The molecule has 6 nitrogen and oxygen atoms in total. The number of anilines is 1. The minimum Gasteiger partial charge on any atom is -0.462 e. The lowest BCUT2D eigenvalue weighted by Gasteiger charge is -2.28. The zero-order chi connectivity index (χ0) is 19.6. The van der Waals surface area contributed by atoms with Gasteiger partial charge in [-0.05, 0) is 24.3 Å². The first-order valence-corrected chi connectivity index (χ1v) is 8.20. The molecular formula is C18H14F3NO5. The first-order chi connectivity index (χ1) is 12.6. The van der Waals surface area contributed by atoms with Crippen molar-refractivity contribution in [3.8, 4) is 0 Å². The fraction of sp³-hybridized carbons (Fsp3) is 0.389. The Morgan fingerprint density at radius 3 is 2.70 bits per heavy atom. The predicted molar refractivity (Wildman–Crippen MR) is 84.3 cm³/mol. The summed E-state index contributed by atoms with van der Waals surface area (Å²) >= 11 is 0. The molecule has 2 saturated heterocycles. The maximum absolute atomic E-state index is 13.0. The maximum atomic E-state index is 13.0. The molecule has 142 valence electrons. The number of hydrogen-bond donors (Lipinski definition) is 0. The minimum atomic E-state index is -4.60. The van der Waals surface area contributed by atoms with Gasteiger partial charge in [0.25, 0.3) is 0 Å². The van der Waals surface area contributed by atoms with Gasteiger partial charge in [-0.25, -0.2) is 4.90 Å². The summed E-state index contributed by atoms with van der Waals surface area (Å²) < 4.78 is 49.7. The molecule has 9 heteroatoms. The molecule has 3 heterocycles. The minimum absolute atomic E-state index is 0.142. The molecule has 0 unspecified atom stereocenters. The van der Waals surface area contributed by atoms with Crippen molar-refractivity contribution in [2.24, 2.45) is 11.8 Å². The van der Waals surface area contributed by atoms with E-state index in [9.17, 15) is 27.6 Å². The molecule has 3 aliphatic heterocycles. The van der Waals surface area contributed by atoms with Gasteiger partial charge >= 0.3 is 12.1 Å². The summed E-state index contributed by atoms with van der Waals surface area (Å²) in [6.45, 7) is 0.960. The van der Waals surface area contributed by atoms with Crippen LogP contribution < -0.4 is 4.90 Å². The SMILES string of the molecule is CC(=O)OC[C@@]12C=C[C@@H](O1)[C@@H]1C(=O)N(c3cccc(C(F)(F)F)c3)C(=O)[C@H]12. The third kappa shape index (κ3) is 2.56. The van der Waals surface area contributed by atoms with Gasteiger partial charge in [-0.1, -0.05) is 12.1 Å². The largest absolute Gasteiger partial charge is 0.462 e. The van der Waals surface area contributed by atoms with Gasteiger partial charge < -0.3 is 9.47 Å². The Morgan fingerprint density at radius 1 is 1.30 bits per heavy atom. The molecule has 2 amide bonds. The second-order valence-electron chi connectivity index (χ2n) is 6.74. The van der Waals surface area contributed by atoms with E-state index in [0.29, 0.717) is 0 Å². The molecule has 0 spiro atoms. The van der Waals surface area contributed by atoms with Crippen LogP contribution in [0.2, 0.25) is 0 Å². The van der Waals surface area contributed by atoms with E-state index < -0.39 is 53.1 Å². The summed E-state index contributed by atoms with van der Waals surface area (Å²) in [4.78, 5) is 37.7. The molecule has 1 aromatic rings. The Labute approximate surface area is 151 Å². The van der Waals surface area contributed by atoms with E-state index in [1.165, 1.54) is 13.0 Å². The van der Waals surface area contributed by atoms with Crippen molar-refractivity contribution < 1.29 is 37.0 Å². The molecule has 4 atom stereocenters. The Bertz CT molecular complexity index is 880. The highest BCUT2D eigenvalue weighted by Crippen LogP contribution is 2.52. The maximum Gasteiger partial charge on any atom is 0.416 e. The van der Waals surface area contributed by atoms with E-state index >= 15 is 0 Å². The van der Waals surface area contributed by atoms with Crippen LogP contribution in [0.1, 0.15) is 12.5 Å². The molecule has 0 saturated carbocycles. The smallest absolute Gasteiger partial charge is 0.416 e. The van der Waals surface area contributed by atoms with Crippen molar-refractivity contribution >= 4 is 23.5 Å². The lowest BCUT2D eigenvalue weighted by molar-refractivity contribution is -0.150. The van der Waals surface area contributed by atoms with Crippen molar-refractivity contribution in [1.29, 1.82) is 0 Å². The van der Waals surface area contributed by atoms with Crippen molar-refractivity contribution in [2.75, 3.05) is 11.5 Å². The van der Waals surface area contributed by atoms with Gasteiger partial charge in [-0.3, -0.25) is 14.4 Å². The number of carbonyl (C=O) groups is 3. The standard InChI is InChI=1S/C18H14F3NO5/c1-9(23)26-8-17-6-5-12(27-17)13-14(17)16(25)22(15(13)24)11-4-2-3-10(7-11)18(19,20)21/h2-7,12-14H,8H2,1H3/t12-,13+,14+,17-/m1/s1. The fourth-order valence-electron chi connectivity index (χ4n) is 3.96. The number of halogens is 3. The summed E-state index contributed by atoms with van der Waals surface area (Å²) in [6.07, 6.45) is -2.08. The number of ether oxygens (including phenoxy) is 2. The van der Waals surface area contributed by atoms with Crippen LogP contribution in [-0.4, -0.2) is 36.1 Å². The number of alkyl halides is 3. The molecule has 2 fully saturated rings. The first-order valence-electron chi connectivity index (χ1n) is 8.20. The number of benzene rings is 1. The average Bonchev–Trinajstić information content (AvgIpc) is 3.23. The van der Waals surface area contributed by atoms with Crippen LogP contribution in [0.5, 0.6) is 0 Å². The third-order valence-corrected chi connectivity index (χ3v) is 5.09. The van der Waals surface area contributed by atoms with Crippen LogP contribution in [0.15, 0.2) is 36.4 Å². The molecule has 1 aromatic carbocycles. The van der Waals surface area contributed by atoms with E-state index in [-0.39, 0.29) is 12.3 Å². The summed E-state index contributed by atoms with van der Waals surface area (Å²) in [5, 5.41) is 0. The molecule has 3 aliphatic rings. The number of esters is 1. The summed E-state index contributed by atoms with van der Waals surface area (Å²) in [5.74, 6) is -3.66. The Kier molecular flexibility index (Phi) is 3.71. The van der Waals surface area contributed by atoms with Crippen molar-refractivity contribution in [3.63, 3.8) is 0 Å². The summed E-state index contributed by atoms with van der Waals surface area (Å²) in [5.41, 5.74) is -2.37. The quantitative estimate of drug-likeness (QED) is 0.455. The molecular weight excluding hydrogens is 367 g/mol. The van der Waals surface area contributed by atoms with Crippen molar-refractivity contribution in [2.45, 2.75) is 24.8 Å². The third-order valence-electron chi connectivity index (χ3n) is 5.09. The van der Waals surface area contributed by atoms with Crippen LogP contribution >= 0.6 is 0 Å². The monoisotopic (exact) mass is 381 g/mol. The number of imide groups is 1. The average molecular weight is 381 g/mol. The van der Waals surface area contributed by atoms with Crippen LogP contribution in [0.4, 0.5) is 18.9 Å². The zero-order valence-electron chi connectivity index (χ0n) is 14.0. The number of nitrogens with zero attached hydrogens (tertiary/aromatic N) is 1. The molecule has 2 bridgehead atoms. The molecule has 0 aromatic heterocycles. The second-order valence-corrected chi connectivity index (χ2v) is 6.74. The molecule has 0 radical (unpaired) electrons. The predicted octanol–water partition coefficient (Wildman–Crippen LogP) is 2.08. The van der Waals surface area contributed by atoms with Gasteiger partial charge in [0.2, 0.25) is 11.8 Å². The Hall–Kier alpha value is -2.68. The van der Waals surface area contributed by atoms with E-state index in [2.05, 4.69) is 0 Å². The number of carbonyl (C=O) groups excluding carboxylic acids is 3. The Balaban J connectivity index is 1.69. The zero-order valence-corrected chi connectivity index (χ0v) is 14.0. The van der Waals surface area contributed by atoms with E-state index in [1.807, 2.05) is 0 Å². The second kappa shape index (κ2) is 5.66. The van der Waals surface area contributed by atoms with E-state index in [1.54, 1.807) is 12.2 Å². The van der Waals surface area contributed by atoms with Gasteiger partial charge in [0.05, 0.1) is 29.2 Å². The Morgan fingerprint density at radius 2 is 2.04 bits per heavy atom. The van der Waals surface area contributed by atoms with Gasteiger partial charge in [-0.2, -0.15) is 13.2 Å². The van der Waals surface area contributed by atoms with Crippen molar-refractivity contribution in [1.82, 2.24) is 0 Å². The van der Waals surface area contributed by atoms with Gasteiger partial charge in [0.15, 0.2) is 0 Å². The fourth-order valence-corrected chi connectivity index (χ4v) is 3.96. The highest BCUT2D eigenvalue weighted by atomic mass is 19.4. The van der Waals surface area contributed by atoms with E-state index in [0.717, 1.165) is 23.1 Å². The topological polar surface area (TPSA) is 72.9 Å². The summed E-state index contributed by atoms with van der Waals surface area (Å²) in [7, 11) is 0. The van der Waals surface area contributed by atoms with Crippen molar-refractivity contribution in [3.05, 3.63) is 42.0 Å². The number of hydrogen-bond acceptors (Lipinski definition) is 5. The van der Waals surface area contributed by atoms with Crippen LogP contribution in [0, 0.1) is 11.8 Å². The van der Waals surface area contributed by atoms with Crippen LogP contribution in [0.25, 0.3) is 0 Å². The lowest BCUT2D eigenvalue weighted by Crippen LogP contribution is -2.44. The molecule has 0 aliphatic carbocycles. The summed E-state index contributed by atoms with van der Waals surface area (Å²) in [6, 6.07) is 4.06. The number of amides is 2. The lowest BCUT2D eigenvalue weighted by atomic mass is 9.77. The first kappa shape index (κ1) is 17.7. The highest BCUT2D eigenvalue weighted by molar-refractivity contribution is 6.23. The molecule has 0 N–H and O–H groups in total. The molecule has 27 heavy (non-hydrogen) atoms. The highest BCUT2D eigenvalue weighted by Gasteiger charge is 2.68. The van der Waals surface area contributed by atoms with Crippen LogP contribution in [-0.2, 0) is 30.0 Å². The number of rotatable bonds is 3.